The zero-order valence-electron chi connectivity index (χ0n) is 16.4. The SMILES string of the molecule is CCc1ccc(-c2nc(CCOc3ccc4c(c3)CCC4C)c(C)o2)cc1. The summed E-state index contributed by atoms with van der Waals surface area (Å²) >= 11 is 0. The number of benzene rings is 2. The molecular weight excluding hydrogens is 334 g/mol. The van der Waals surface area contributed by atoms with Crippen molar-refractivity contribution in [1.82, 2.24) is 4.98 Å². The van der Waals surface area contributed by atoms with Crippen LogP contribution in [0.4, 0.5) is 0 Å². The minimum atomic E-state index is 0.607. The third-order valence-corrected chi connectivity index (χ3v) is 5.60. The van der Waals surface area contributed by atoms with E-state index in [0.29, 0.717) is 18.4 Å². The molecule has 0 radical (unpaired) electrons. The zero-order valence-corrected chi connectivity index (χ0v) is 16.4. The Balaban J connectivity index is 1.39. The van der Waals surface area contributed by atoms with Crippen LogP contribution in [0.2, 0.25) is 0 Å². The van der Waals surface area contributed by atoms with E-state index in [1.807, 2.05) is 6.92 Å². The van der Waals surface area contributed by atoms with Crippen LogP contribution >= 0.6 is 0 Å². The second-order valence-electron chi connectivity index (χ2n) is 7.47. The first kappa shape index (κ1) is 17.8. The first-order chi connectivity index (χ1) is 13.1. The first-order valence-electron chi connectivity index (χ1n) is 9.95. The van der Waals surface area contributed by atoms with Gasteiger partial charge >= 0.3 is 0 Å². The molecule has 1 aromatic heterocycles. The highest BCUT2D eigenvalue weighted by Crippen LogP contribution is 2.34. The van der Waals surface area contributed by atoms with E-state index in [1.54, 1.807) is 0 Å². The van der Waals surface area contributed by atoms with Gasteiger partial charge in [-0.05, 0) is 73.1 Å². The van der Waals surface area contributed by atoms with Crippen molar-refractivity contribution in [3.8, 4) is 17.2 Å². The lowest BCUT2D eigenvalue weighted by atomic mass is 10.0. The van der Waals surface area contributed by atoms with Crippen molar-refractivity contribution in [1.29, 1.82) is 0 Å². The topological polar surface area (TPSA) is 35.3 Å². The van der Waals surface area contributed by atoms with Crippen molar-refractivity contribution >= 4 is 0 Å². The van der Waals surface area contributed by atoms with Gasteiger partial charge in [-0.2, -0.15) is 0 Å². The zero-order chi connectivity index (χ0) is 18.8. The second kappa shape index (κ2) is 7.59. The number of ether oxygens (including phenoxy) is 1. The van der Waals surface area contributed by atoms with Gasteiger partial charge in [-0.15, -0.1) is 0 Å². The summed E-state index contributed by atoms with van der Waals surface area (Å²) in [4.78, 5) is 4.69. The lowest BCUT2D eigenvalue weighted by Crippen LogP contribution is -2.03. The number of fused-ring (bicyclic) bond motifs is 1. The van der Waals surface area contributed by atoms with Crippen molar-refractivity contribution in [3.63, 3.8) is 0 Å². The fourth-order valence-electron chi connectivity index (χ4n) is 3.83. The fraction of sp³-hybridized carbons (Fsp3) is 0.375. The van der Waals surface area contributed by atoms with Gasteiger partial charge in [0.05, 0.1) is 12.3 Å². The molecule has 0 aliphatic heterocycles. The molecule has 0 saturated carbocycles. The van der Waals surface area contributed by atoms with Gasteiger partial charge in [0.2, 0.25) is 5.89 Å². The Bertz CT molecular complexity index is 924. The largest absolute Gasteiger partial charge is 0.493 e. The van der Waals surface area contributed by atoms with Crippen molar-refractivity contribution in [2.75, 3.05) is 6.61 Å². The van der Waals surface area contributed by atoms with Gasteiger partial charge in [0, 0.05) is 12.0 Å². The predicted octanol–water partition coefficient (Wildman–Crippen LogP) is 5.88. The maximum absolute atomic E-state index is 5.99. The number of rotatable bonds is 6. The van der Waals surface area contributed by atoms with Gasteiger partial charge in [-0.3, -0.25) is 0 Å². The molecule has 3 heteroatoms. The summed E-state index contributed by atoms with van der Waals surface area (Å²) in [7, 11) is 0. The maximum atomic E-state index is 5.99. The van der Waals surface area contributed by atoms with Gasteiger partial charge in [0.1, 0.15) is 11.5 Å². The molecule has 0 saturated heterocycles. The Morgan fingerprint density at radius 1 is 1.15 bits per heavy atom. The number of hydrogen-bond acceptors (Lipinski definition) is 3. The lowest BCUT2D eigenvalue weighted by Gasteiger charge is -2.09. The Labute approximate surface area is 161 Å². The van der Waals surface area contributed by atoms with Gasteiger partial charge in [-0.1, -0.05) is 32.0 Å². The molecule has 3 aromatic rings. The minimum Gasteiger partial charge on any atom is -0.493 e. The van der Waals surface area contributed by atoms with Crippen LogP contribution in [0.5, 0.6) is 5.75 Å². The van der Waals surface area contributed by atoms with Gasteiger partial charge < -0.3 is 9.15 Å². The standard InChI is InChI=1S/C24H27NO2/c1-4-18-6-9-19(10-7-18)24-25-23(17(3)27-24)13-14-26-21-11-12-22-16(2)5-8-20(22)15-21/h6-7,9-12,15-16H,4-5,8,13-14H2,1-3H3. The molecule has 1 aliphatic rings. The van der Waals surface area contributed by atoms with E-state index in [4.69, 9.17) is 9.15 Å². The van der Waals surface area contributed by atoms with Crippen LogP contribution in [-0.4, -0.2) is 11.6 Å². The Hall–Kier alpha value is -2.55. The highest BCUT2D eigenvalue weighted by molar-refractivity contribution is 5.54. The lowest BCUT2D eigenvalue weighted by molar-refractivity contribution is 0.319. The Morgan fingerprint density at radius 3 is 2.74 bits per heavy atom. The molecule has 0 fully saturated rings. The maximum Gasteiger partial charge on any atom is 0.226 e. The summed E-state index contributed by atoms with van der Waals surface area (Å²) in [6, 6.07) is 14.9. The summed E-state index contributed by atoms with van der Waals surface area (Å²) in [5.41, 5.74) is 6.23. The molecule has 27 heavy (non-hydrogen) atoms. The molecule has 0 spiro atoms. The molecule has 0 bridgehead atoms. The molecule has 1 aliphatic carbocycles. The molecule has 3 nitrogen and oxygen atoms in total. The molecule has 0 amide bonds. The smallest absolute Gasteiger partial charge is 0.226 e. The van der Waals surface area contributed by atoms with E-state index < -0.39 is 0 Å². The second-order valence-corrected chi connectivity index (χ2v) is 7.47. The van der Waals surface area contributed by atoms with Crippen LogP contribution in [-0.2, 0) is 19.3 Å². The van der Waals surface area contributed by atoms with E-state index >= 15 is 0 Å². The monoisotopic (exact) mass is 361 g/mol. The van der Waals surface area contributed by atoms with E-state index in [9.17, 15) is 0 Å². The third-order valence-electron chi connectivity index (χ3n) is 5.60. The molecule has 4 rings (SSSR count). The fourth-order valence-corrected chi connectivity index (χ4v) is 3.83. The van der Waals surface area contributed by atoms with E-state index in [2.05, 4.69) is 61.3 Å². The van der Waals surface area contributed by atoms with Crippen LogP contribution in [0.1, 0.15) is 54.3 Å². The van der Waals surface area contributed by atoms with Crippen LogP contribution in [0.15, 0.2) is 46.9 Å². The van der Waals surface area contributed by atoms with Crippen LogP contribution in [0.3, 0.4) is 0 Å². The summed E-state index contributed by atoms with van der Waals surface area (Å²) < 4.78 is 11.9. The van der Waals surface area contributed by atoms with Crippen LogP contribution < -0.4 is 4.74 Å². The normalized spacial score (nSPS) is 15.7. The summed E-state index contributed by atoms with van der Waals surface area (Å²) in [5, 5.41) is 0. The van der Waals surface area contributed by atoms with Crippen molar-refractivity contribution in [2.24, 2.45) is 0 Å². The number of aryl methyl sites for hydroxylation is 3. The summed E-state index contributed by atoms with van der Waals surface area (Å²) in [5.74, 6) is 3.20. The minimum absolute atomic E-state index is 0.607. The molecule has 1 heterocycles. The highest BCUT2D eigenvalue weighted by Gasteiger charge is 2.18. The molecule has 140 valence electrons. The van der Waals surface area contributed by atoms with Crippen molar-refractivity contribution < 1.29 is 9.15 Å². The van der Waals surface area contributed by atoms with Crippen LogP contribution in [0, 0.1) is 6.92 Å². The van der Waals surface area contributed by atoms with Crippen molar-refractivity contribution in [3.05, 3.63) is 70.6 Å². The number of aromatic nitrogens is 1. The van der Waals surface area contributed by atoms with E-state index in [-0.39, 0.29) is 0 Å². The molecular formula is C24H27NO2. The third kappa shape index (κ3) is 3.78. The average Bonchev–Trinajstić information content (AvgIpc) is 3.25. The summed E-state index contributed by atoms with van der Waals surface area (Å²) in [6.45, 7) is 7.04. The highest BCUT2D eigenvalue weighted by atomic mass is 16.5. The number of nitrogens with zero attached hydrogens (tertiary/aromatic N) is 1. The first-order valence-corrected chi connectivity index (χ1v) is 9.95. The van der Waals surface area contributed by atoms with Crippen molar-refractivity contribution in [2.45, 2.75) is 52.4 Å². The number of oxazole rings is 1. The molecule has 1 atom stereocenters. The van der Waals surface area contributed by atoms with Crippen LogP contribution in [0.25, 0.3) is 11.5 Å². The predicted molar refractivity (Wildman–Crippen MR) is 108 cm³/mol. The van der Waals surface area contributed by atoms with E-state index in [1.165, 1.54) is 23.1 Å². The average molecular weight is 361 g/mol. The van der Waals surface area contributed by atoms with Gasteiger partial charge in [-0.25, -0.2) is 4.98 Å². The number of hydrogen-bond donors (Lipinski definition) is 0. The quantitative estimate of drug-likeness (QED) is 0.549. The molecule has 2 aromatic carbocycles. The van der Waals surface area contributed by atoms with Gasteiger partial charge in [0.15, 0.2) is 0 Å². The molecule has 0 N–H and O–H groups in total. The Kier molecular flexibility index (Phi) is 5.02. The van der Waals surface area contributed by atoms with E-state index in [0.717, 1.165) is 42.0 Å². The Morgan fingerprint density at radius 2 is 1.96 bits per heavy atom. The van der Waals surface area contributed by atoms with Gasteiger partial charge in [0.25, 0.3) is 0 Å². The molecule has 1 unspecified atom stereocenters. The summed E-state index contributed by atoms with van der Waals surface area (Å²) in [6.07, 6.45) is 4.19.